The van der Waals surface area contributed by atoms with Crippen molar-refractivity contribution in [1.82, 2.24) is 5.32 Å². The van der Waals surface area contributed by atoms with Crippen molar-refractivity contribution in [2.75, 3.05) is 20.2 Å². The predicted molar refractivity (Wildman–Crippen MR) is 48.3 cm³/mol. The second kappa shape index (κ2) is 4.58. The molecule has 1 aliphatic heterocycles. The topological polar surface area (TPSA) is 58.6 Å². The summed E-state index contributed by atoms with van der Waals surface area (Å²) in [6.07, 6.45) is 2.79. The number of carbonyl (C=O) groups excluding carboxylic acids is 1. The first-order valence-electron chi connectivity index (χ1n) is 4.66. The third-order valence-electron chi connectivity index (χ3n) is 2.40. The van der Waals surface area contributed by atoms with E-state index in [0.717, 1.165) is 19.4 Å². The highest BCUT2D eigenvalue weighted by Crippen LogP contribution is 2.20. The summed E-state index contributed by atoms with van der Waals surface area (Å²) in [4.78, 5) is 11.0. The maximum atomic E-state index is 11.0. The van der Waals surface area contributed by atoms with E-state index in [-0.39, 0.29) is 12.4 Å². The van der Waals surface area contributed by atoms with E-state index >= 15 is 0 Å². The molecule has 0 aromatic rings. The van der Waals surface area contributed by atoms with Gasteiger partial charge in [0.2, 0.25) is 0 Å². The Morgan fingerprint density at radius 1 is 1.62 bits per heavy atom. The summed E-state index contributed by atoms with van der Waals surface area (Å²) < 4.78 is 4.53. The largest absolute Gasteiger partial charge is 0.469 e. The second-order valence-corrected chi connectivity index (χ2v) is 3.61. The van der Waals surface area contributed by atoms with Crippen molar-refractivity contribution in [3.05, 3.63) is 0 Å². The fourth-order valence-corrected chi connectivity index (χ4v) is 1.61. The number of methoxy groups -OCH3 is 1. The minimum absolute atomic E-state index is 0.0938. The normalized spacial score (nSPS) is 29.4. The van der Waals surface area contributed by atoms with Crippen molar-refractivity contribution in [3.63, 3.8) is 0 Å². The van der Waals surface area contributed by atoms with Crippen LogP contribution in [-0.4, -0.2) is 36.9 Å². The third-order valence-corrected chi connectivity index (χ3v) is 2.40. The number of hydrogen-bond acceptors (Lipinski definition) is 4. The molecular weight excluding hydrogens is 170 g/mol. The Balaban J connectivity index is 2.46. The zero-order chi connectivity index (χ0) is 9.73. The van der Waals surface area contributed by atoms with E-state index in [0.29, 0.717) is 13.0 Å². The summed E-state index contributed by atoms with van der Waals surface area (Å²) in [5, 5.41) is 13.1. The molecule has 2 N–H and O–H groups in total. The third kappa shape index (κ3) is 3.32. The monoisotopic (exact) mass is 187 g/mol. The first kappa shape index (κ1) is 10.5. The molecule has 0 spiro atoms. The molecule has 1 fully saturated rings. The molecule has 4 heteroatoms. The van der Waals surface area contributed by atoms with E-state index < -0.39 is 5.60 Å². The fourth-order valence-electron chi connectivity index (χ4n) is 1.61. The van der Waals surface area contributed by atoms with Crippen LogP contribution in [0.3, 0.4) is 0 Å². The number of nitrogens with one attached hydrogen (secondary N) is 1. The number of aliphatic hydroxyl groups is 1. The smallest absolute Gasteiger partial charge is 0.308 e. The fraction of sp³-hybridized carbons (Fsp3) is 0.889. The minimum Gasteiger partial charge on any atom is -0.469 e. The molecule has 0 bridgehead atoms. The Kier molecular flexibility index (Phi) is 3.69. The van der Waals surface area contributed by atoms with Crippen molar-refractivity contribution in [1.29, 1.82) is 0 Å². The molecule has 1 rings (SSSR count). The number of hydrogen-bond donors (Lipinski definition) is 2. The van der Waals surface area contributed by atoms with E-state index in [9.17, 15) is 9.90 Å². The SMILES string of the molecule is COC(=O)CC1(O)CCCCNC1. The zero-order valence-corrected chi connectivity index (χ0v) is 8.01. The van der Waals surface area contributed by atoms with Gasteiger partial charge in [-0.25, -0.2) is 0 Å². The summed E-state index contributed by atoms with van der Waals surface area (Å²) in [6.45, 7) is 1.41. The Morgan fingerprint density at radius 3 is 3.08 bits per heavy atom. The highest BCUT2D eigenvalue weighted by Gasteiger charge is 2.30. The molecule has 1 heterocycles. The molecule has 4 nitrogen and oxygen atoms in total. The van der Waals surface area contributed by atoms with Crippen molar-refractivity contribution in [2.45, 2.75) is 31.3 Å². The van der Waals surface area contributed by atoms with Gasteiger partial charge in [0.05, 0.1) is 19.1 Å². The van der Waals surface area contributed by atoms with Gasteiger partial charge in [-0.3, -0.25) is 4.79 Å². The molecule has 1 aliphatic rings. The van der Waals surface area contributed by atoms with Crippen LogP contribution >= 0.6 is 0 Å². The average Bonchev–Trinajstić information content (AvgIpc) is 2.30. The first-order valence-corrected chi connectivity index (χ1v) is 4.66. The Hall–Kier alpha value is -0.610. The molecule has 0 aromatic heterocycles. The van der Waals surface area contributed by atoms with E-state index in [1.54, 1.807) is 0 Å². The van der Waals surface area contributed by atoms with Crippen molar-refractivity contribution in [3.8, 4) is 0 Å². The molecule has 1 saturated heterocycles. The Morgan fingerprint density at radius 2 is 2.38 bits per heavy atom. The van der Waals surface area contributed by atoms with E-state index in [2.05, 4.69) is 10.1 Å². The number of carbonyl (C=O) groups is 1. The molecule has 1 atom stereocenters. The van der Waals surface area contributed by atoms with Crippen LogP contribution in [0.1, 0.15) is 25.7 Å². The van der Waals surface area contributed by atoms with Crippen LogP contribution in [0.5, 0.6) is 0 Å². The van der Waals surface area contributed by atoms with Crippen LogP contribution in [0.15, 0.2) is 0 Å². The van der Waals surface area contributed by atoms with Crippen molar-refractivity contribution >= 4 is 5.97 Å². The van der Waals surface area contributed by atoms with Crippen LogP contribution in [-0.2, 0) is 9.53 Å². The molecule has 0 radical (unpaired) electrons. The van der Waals surface area contributed by atoms with Gasteiger partial charge in [-0.1, -0.05) is 0 Å². The number of β-amino-alcohol motifs (C(OH)–C–C–N with tert-alkyl or cyclic N) is 1. The summed E-state index contributed by atoms with van der Waals surface area (Å²) in [5.74, 6) is -0.341. The lowest BCUT2D eigenvalue weighted by molar-refractivity contribution is -0.146. The lowest BCUT2D eigenvalue weighted by Crippen LogP contribution is -2.41. The van der Waals surface area contributed by atoms with Crippen molar-refractivity contribution < 1.29 is 14.6 Å². The van der Waals surface area contributed by atoms with Gasteiger partial charge >= 0.3 is 5.97 Å². The van der Waals surface area contributed by atoms with Gasteiger partial charge in [0.15, 0.2) is 0 Å². The molecular formula is C9H17NO3. The zero-order valence-electron chi connectivity index (χ0n) is 8.01. The molecule has 0 amide bonds. The highest BCUT2D eigenvalue weighted by atomic mass is 16.5. The van der Waals surface area contributed by atoms with Gasteiger partial charge in [0.1, 0.15) is 0 Å². The number of esters is 1. The Labute approximate surface area is 78.3 Å². The van der Waals surface area contributed by atoms with Crippen LogP contribution in [0.2, 0.25) is 0 Å². The first-order chi connectivity index (χ1) is 6.16. The summed E-state index contributed by atoms with van der Waals surface area (Å²) >= 11 is 0. The van der Waals surface area contributed by atoms with Crippen LogP contribution in [0, 0.1) is 0 Å². The Bertz CT molecular complexity index is 174. The molecule has 0 aromatic carbocycles. The molecule has 0 saturated carbocycles. The average molecular weight is 187 g/mol. The lowest BCUT2D eigenvalue weighted by atomic mass is 9.94. The summed E-state index contributed by atoms with van der Waals surface area (Å²) in [6, 6.07) is 0. The standard InChI is InChI=1S/C9H17NO3/c1-13-8(11)6-9(12)4-2-3-5-10-7-9/h10,12H,2-7H2,1H3. The van der Waals surface area contributed by atoms with E-state index in [4.69, 9.17) is 0 Å². The van der Waals surface area contributed by atoms with Gasteiger partial charge in [0.25, 0.3) is 0 Å². The second-order valence-electron chi connectivity index (χ2n) is 3.61. The molecule has 1 unspecified atom stereocenters. The van der Waals surface area contributed by atoms with E-state index in [1.165, 1.54) is 7.11 Å². The lowest BCUT2D eigenvalue weighted by Gasteiger charge is -2.24. The minimum atomic E-state index is -0.899. The maximum absolute atomic E-state index is 11.0. The number of rotatable bonds is 2. The van der Waals surface area contributed by atoms with Gasteiger partial charge in [-0.2, -0.15) is 0 Å². The van der Waals surface area contributed by atoms with Gasteiger partial charge < -0.3 is 15.2 Å². The predicted octanol–water partition coefficient (Wildman–Crippen LogP) is 0.0541. The summed E-state index contributed by atoms with van der Waals surface area (Å²) in [5.41, 5.74) is -0.899. The maximum Gasteiger partial charge on any atom is 0.308 e. The molecule has 0 aliphatic carbocycles. The van der Waals surface area contributed by atoms with Crippen LogP contribution in [0.25, 0.3) is 0 Å². The van der Waals surface area contributed by atoms with E-state index in [1.807, 2.05) is 0 Å². The molecule has 13 heavy (non-hydrogen) atoms. The quantitative estimate of drug-likeness (QED) is 0.600. The van der Waals surface area contributed by atoms with Crippen LogP contribution in [0.4, 0.5) is 0 Å². The number of ether oxygens (including phenoxy) is 1. The van der Waals surface area contributed by atoms with Gasteiger partial charge in [0, 0.05) is 6.54 Å². The van der Waals surface area contributed by atoms with Crippen molar-refractivity contribution in [2.24, 2.45) is 0 Å². The molecule has 76 valence electrons. The van der Waals surface area contributed by atoms with Gasteiger partial charge in [-0.15, -0.1) is 0 Å². The summed E-state index contributed by atoms with van der Waals surface area (Å²) in [7, 11) is 1.34. The van der Waals surface area contributed by atoms with Gasteiger partial charge in [-0.05, 0) is 25.8 Å². The van der Waals surface area contributed by atoms with Crippen LogP contribution < -0.4 is 5.32 Å². The highest BCUT2D eigenvalue weighted by molar-refractivity contribution is 5.70.